The van der Waals surface area contributed by atoms with Gasteiger partial charge in [-0.1, -0.05) is 18.2 Å². The van der Waals surface area contributed by atoms with Crippen LogP contribution in [0.25, 0.3) is 0 Å². The Bertz CT molecular complexity index is 529. The summed E-state index contributed by atoms with van der Waals surface area (Å²) in [6.07, 6.45) is 1.23. The van der Waals surface area contributed by atoms with Crippen LogP contribution in [0.15, 0.2) is 24.3 Å². The Morgan fingerprint density at radius 2 is 2.26 bits per heavy atom. The minimum atomic E-state index is -0.312. The third-order valence-electron chi connectivity index (χ3n) is 3.72. The lowest BCUT2D eigenvalue weighted by Gasteiger charge is -2.31. The van der Waals surface area contributed by atoms with Gasteiger partial charge >= 0.3 is 6.09 Å². The fourth-order valence-electron chi connectivity index (χ4n) is 2.84. The predicted molar refractivity (Wildman–Crippen MR) is 70.0 cm³/mol. The molecular formula is C14H16N2O3. The second-order valence-corrected chi connectivity index (χ2v) is 4.96. The van der Waals surface area contributed by atoms with Crippen molar-refractivity contribution in [2.45, 2.75) is 31.9 Å². The Balaban J connectivity index is 1.84. The largest absolute Gasteiger partial charge is 0.442 e. The van der Waals surface area contributed by atoms with Crippen molar-refractivity contribution >= 4 is 17.7 Å². The van der Waals surface area contributed by atoms with Gasteiger partial charge in [0.2, 0.25) is 5.91 Å². The van der Waals surface area contributed by atoms with Crippen LogP contribution in [0.4, 0.5) is 10.5 Å². The van der Waals surface area contributed by atoms with Crippen LogP contribution in [0.5, 0.6) is 0 Å². The Morgan fingerprint density at radius 3 is 3.05 bits per heavy atom. The van der Waals surface area contributed by atoms with Crippen molar-refractivity contribution < 1.29 is 14.3 Å². The number of fused-ring (bicyclic) bond motifs is 3. The molecule has 1 aromatic carbocycles. The molecule has 1 saturated heterocycles. The Kier molecular flexibility index (Phi) is 2.89. The number of para-hydroxylation sites is 1. The van der Waals surface area contributed by atoms with E-state index in [4.69, 9.17) is 4.74 Å². The molecule has 3 rings (SSSR count). The number of carbonyl (C=O) groups is 2. The number of anilines is 1. The van der Waals surface area contributed by atoms with Gasteiger partial charge in [0.25, 0.3) is 0 Å². The molecule has 2 atom stereocenters. The molecule has 1 aromatic rings. The topological polar surface area (TPSA) is 58.6 Å². The molecule has 0 aromatic heterocycles. The van der Waals surface area contributed by atoms with Gasteiger partial charge < -0.3 is 10.1 Å². The molecule has 1 fully saturated rings. The third-order valence-corrected chi connectivity index (χ3v) is 3.72. The third kappa shape index (κ3) is 2.05. The fraction of sp³-hybridized carbons (Fsp3) is 0.429. The lowest BCUT2D eigenvalue weighted by atomic mass is 9.94. The highest BCUT2D eigenvalue weighted by atomic mass is 16.6. The molecule has 0 saturated carbocycles. The van der Waals surface area contributed by atoms with Gasteiger partial charge in [-0.15, -0.1) is 0 Å². The highest BCUT2D eigenvalue weighted by molar-refractivity contribution is 5.92. The zero-order valence-electron chi connectivity index (χ0n) is 10.8. The normalized spacial score (nSPS) is 24.5. The molecule has 5 heteroatoms. The van der Waals surface area contributed by atoms with Crippen LogP contribution in [-0.2, 0) is 16.0 Å². The van der Waals surface area contributed by atoms with Crippen molar-refractivity contribution in [3.63, 3.8) is 0 Å². The van der Waals surface area contributed by atoms with Crippen molar-refractivity contribution in [3.05, 3.63) is 29.8 Å². The fourth-order valence-corrected chi connectivity index (χ4v) is 2.84. The second kappa shape index (κ2) is 4.57. The van der Waals surface area contributed by atoms with Gasteiger partial charge in [0.1, 0.15) is 6.10 Å². The maximum absolute atomic E-state index is 12.0. The molecule has 1 N–H and O–H groups in total. The Labute approximate surface area is 111 Å². The van der Waals surface area contributed by atoms with Crippen molar-refractivity contribution in [1.82, 2.24) is 5.32 Å². The van der Waals surface area contributed by atoms with Gasteiger partial charge in [0, 0.05) is 6.92 Å². The summed E-state index contributed by atoms with van der Waals surface area (Å²) in [5.41, 5.74) is 2.12. The van der Waals surface area contributed by atoms with Crippen LogP contribution in [0, 0.1) is 0 Å². The second-order valence-electron chi connectivity index (χ2n) is 4.96. The van der Waals surface area contributed by atoms with Crippen LogP contribution in [0.2, 0.25) is 0 Å². The Morgan fingerprint density at radius 1 is 1.47 bits per heavy atom. The van der Waals surface area contributed by atoms with Crippen LogP contribution >= 0.6 is 0 Å². The van der Waals surface area contributed by atoms with Gasteiger partial charge in [0.05, 0.1) is 18.3 Å². The molecule has 2 aliphatic heterocycles. The molecule has 19 heavy (non-hydrogen) atoms. The summed E-state index contributed by atoms with van der Waals surface area (Å²) in [6, 6.07) is 7.92. The first-order valence-corrected chi connectivity index (χ1v) is 6.49. The molecule has 0 bridgehead atoms. The number of amides is 2. The number of aryl methyl sites for hydroxylation is 1. The van der Waals surface area contributed by atoms with Gasteiger partial charge in [-0.3, -0.25) is 9.69 Å². The maximum atomic E-state index is 12.0. The number of ether oxygens (including phenoxy) is 1. The number of cyclic esters (lactones) is 1. The van der Waals surface area contributed by atoms with Crippen molar-refractivity contribution in [3.8, 4) is 0 Å². The first-order valence-electron chi connectivity index (χ1n) is 6.49. The molecule has 100 valence electrons. The van der Waals surface area contributed by atoms with Crippen LogP contribution in [-0.4, -0.2) is 30.7 Å². The van der Waals surface area contributed by atoms with E-state index < -0.39 is 0 Å². The van der Waals surface area contributed by atoms with Crippen molar-refractivity contribution in [2.75, 3.05) is 11.4 Å². The summed E-state index contributed by atoms with van der Waals surface area (Å²) in [5, 5.41) is 2.72. The summed E-state index contributed by atoms with van der Waals surface area (Å²) in [5.74, 6) is -0.106. The average molecular weight is 260 g/mol. The molecule has 5 nitrogen and oxygen atoms in total. The predicted octanol–water partition coefficient (Wildman–Crippen LogP) is 1.46. The number of rotatable bonds is 2. The molecule has 0 radical (unpaired) electrons. The number of nitrogens with zero attached hydrogens (tertiary/aromatic N) is 1. The SMILES string of the molecule is CC(=O)NC[C@@H]1OC(=O)N2c3ccccc3CC[C@H]12. The lowest BCUT2D eigenvalue weighted by molar-refractivity contribution is -0.119. The number of benzene rings is 1. The van der Waals surface area contributed by atoms with Crippen molar-refractivity contribution in [1.29, 1.82) is 0 Å². The molecule has 0 unspecified atom stereocenters. The highest BCUT2D eigenvalue weighted by Gasteiger charge is 2.44. The molecule has 0 spiro atoms. The molecule has 0 aliphatic carbocycles. The maximum Gasteiger partial charge on any atom is 0.415 e. The van der Waals surface area contributed by atoms with Crippen LogP contribution in [0.3, 0.4) is 0 Å². The van der Waals surface area contributed by atoms with Gasteiger partial charge in [-0.05, 0) is 24.5 Å². The molecule has 2 amide bonds. The average Bonchev–Trinajstić information content (AvgIpc) is 2.73. The molecular weight excluding hydrogens is 244 g/mol. The minimum absolute atomic E-state index is 0.0225. The van der Waals surface area contributed by atoms with Crippen LogP contribution < -0.4 is 10.2 Å². The number of carbonyl (C=O) groups excluding carboxylic acids is 2. The van der Waals surface area contributed by atoms with Crippen LogP contribution in [0.1, 0.15) is 18.9 Å². The van der Waals surface area contributed by atoms with E-state index in [2.05, 4.69) is 5.32 Å². The zero-order valence-corrected chi connectivity index (χ0v) is 10.8. The Hall–Kier alpha value is -2.04. The number of hydrogen-bond acceptors (Lipinski definition) is 3. The smallest absolute Gasteiger partial charge is 0.415 e. The highest BCUT2D eigenvalue weighted by Crippen LogP contribution is 2.36. The first kappa shape index (κ1) is 12.0. The van der Waals surface area contributed by atoms with E-state index in [1.54, 1.807) is 4.90 Å². The summed E-state index contributed by atoms with van der Waals surface area (Å²) in [7, 11) is 0. The molecule has 2 heterocycles. The van der Waals surface area contributed by atoms with E-state index in [0.29, 0.717) is 6.54 Å². The number of hydrogen-bond donors (Lipinski definition) is 1. The van der Waals surface area contributed by atoms with Crippen molar-refractivity contribution in [2.24, 2.45) is 0 Å². The van der Waals surface area contributed by atoms with Gasteiger partial charge in [-0.2, -0.15) is 0 Å². The van der Waals surface area contributed by atoms with E-state index in [9.17, 15) is 9.59 Å². The lowest BCUT2D eigenvalue weighted by Crippen LogP contribution is -2.44. The first-order chi connectivity index (χ1) is 9.16. The summed E-state index contributed by atoms with van der Waals surface area (Å²) in [6.45, 7) is 1.84. The van der Waals surface area contributed by atoms with Gasteiger partial charge in [-0.25, -0.2) is 4.79 Å². The summed E-state index contributed by atoms with van der Waals surface area (Å²) in [4.78, 5) is 24.7. The monoisotopic (exact) mass is 260 g/mol. The zero-order chi connectivity index (χ0) is 13.4. The van der Waals surface area contributed by atoms with Gasteiger partial charge in [0.15, 0.2) is 0 Å². The number of nitrogens with one attached hydrogen (secondary N) is 1. The summed E-state index contributed by atoms with van der Waals surface area (Å²) >= 11 is 0. The standard InChI is InChI=1S/C14H16N2O3/c1-9(17)15-8-13-12-7-6-10-4-2-3-5-11(10)16(12)14(18)19-13/h2-5,12-13H,6-8H2,1H3,(H,15,17)/t12-,13+/m1/s1. The van der Waals surface area contributed by atoms with E-state index in [1.807, 2.05) is 24.3 Å². The van der Waals surface area contributed by atoms with E-state index in [0.717, 1.165) is 18.5 Å². The quantitative estimate of drug-likeness (QED) is 0.875. The summed E-state index contributed by atoms with van der Waals surface area (Å²) < 4.78 is 5.39. The van der Waals surface area contributed by atoms with E-state index in [-0.39, 0.29) is 24.1 Å². The molecule has 2 aliphatic rings. The van der Waals surface area contributed by atoms with E-state index in [1.165, 1.54) is 12.5 Å². The van der Waals surface area contributed by atoms with E-state index >= 15 is 0 Å². The minimum Gasteiger partial charge on any atom is -0.442 e.